The molecule has 1 nitrogen and oxygen atoms in total. The zero-order valence-electron chi connectivity index (χ0n) is 16.9. The summed E-state index contributed by atoms with van der Waals surface area (Å²) in [5.74, 6) is 0.579. The summed E-state index contributed by atoms with van der Waals surface area (Å²) in [7, 11) is 0. The fourth-order valence-electron chi connectivity index (χ4n) is 4.38. The van der Waals surface area contributed by atoms with Crippen molar-refractivity contribution in [1.82, 2.24) is 0 Å². The Morgan fingerprint density at radius 3 is 1.83 bits per heavy atom. The molecule has 1 rings (SSSR count). The molecule has 2 heteroatoms. The van der Waals surface area contributed by atoms with Crippen LogP contribution in [0.3, 0.4) is 0 Å². The molecule has 0 aromatic carbocycles. The third kappa shape index (κ3) is 8.74. The maximum absolute atomic E-state index is 10.6. The first kappa shape index (κ1) is 22.5. The quantitative estimate of drug-likeness (QED) is 0.297. The Kier molecular flexibility index (Phi) is 12.8. The Morgan fingerprint density at radius 1 is 0.875 bits per heavy atom. The normalized spacial score (nSPS) is 18.3. The zero-order valence-corrected chi connectivity index (χ0v) is 19.7. The fourth-order valence-corrected chi connectivity index (χ4v) is 18.8. The minimum atomic E-state index is -2.12. The molecule has 24 heavy (non-hydrogen) atoms. The molecule has 1 fully saturated rings. The van der Waals surface area contributed by atoms with Crippen molar-refractivity contribution in [3.05, 3.63) is 10.2 Å². The molecule has 1 aliphatic carbocycles. The molecule has 0 amide bonds. The molecule has 1 saturated carbocycles. The van der Waals surface area contributed by atoms with E-state index in [1.54, 1.807) is 13.3 Å². The van der Waals surface area contributed by atoms with Crippen LogP contribution in [-0.2, 0) is 0 Å². The van der Waals surface area contributed by atoms with Crippen LogP contribution < -0.4 is 0 Å². The summed E-state index contributed by atoms with van der Waals surface area (Å²) in [6, 6.07) is 0. The average molecular weight is 443 g/mol. The Morgan fingerprint density at radius 2 is 1.38 bits per heavy atom. The van der Waals surface area contributed by atoms with E-state index >= 15 is 0 Å². The first-order chi connectivity index (χ1) is 11.7. The zero-order chi connectivity index (χ0) is 17.7. The van der Waals surface area contributed by atoms with Crippen molar-refractivity contribution < 1.29 is 5.11 Å². The van der Waals surface area contributed by atoms with Crippen molar-refractivity contribution in [3.63, 3.8) is 0 Å². The van der Waals surface area contributed by atoms with Crippen molar-refractivity contribution in [2.45, 2.75) is 117 Å². The van der Waals surface area contributed by atoms with Gasteiger partial charge in [-0.05, 0) is 0 Å². The first-order valence-corrected chi connectivity index (χ1v) is 18.7. The summed E-state index contributed by atoms with van der Waals surface area (Å²) in [5, 5.41) is 10.6. The van der Waals surface area contributed by atoms with Gasteiger partial charge >= 0.3 is 157 Å². The van der Waals surface area contributed by atoms with Crippen LogP contribution in [0.4, 0.5) is 0 Å². The van der Waals surface area contributed by atoms with Gasteiger partial charge in [0.1, 0.15) is 0 Å². The predicted octanol–water partition coefficient (Wildman–Crippen LogP) is 7.26. The van der Waals surface area contributed by atoms with Gasteiger partial charge in [-0.1, -0.05) is 0 Å². The van der Waals surface area contributed by atoms with Gasteiger partial charge in [0, 0.05) is 0 Å². The van der Waals surface area contributed by atoms with E-state index in [4.69, 9.17) is 0 Å². The van der Waals surface area contributed by atoms with Crippen LogP contribution in [0.2, 0.25) is 13.3 Å². The van der Waals surface area contributed by atoms with Crippen LogP contribution in [0.1, 0.15) is 97.8 Å². The molecule has 0 aromatic rings. The van der Waals surface area contributed by atoms with Gasteiger partial charge in [0.05, 0.1) is 0 Å². The second-order valence-electron chi connectivity index (χ2n) is 8.28. The molecule has 0 radical (unpaired) electrons. The summed E-state index contributed by atoms with van der Waals surface area (Å²) in [6.07, 6.45) is 18.2. The predicted molar refractivity (Wildman–Crippen MR) is 111 cm³/mol. The van der Waals surface area contributed by atoms with Crippen molar-refractivity contribution in [2.24, 2.45) is 5.92 Å². The number of aliphatic hydroxyl groups excluding tert-OH is 1. The van der Waals surface area contributed by atoms with Crippen LogP contribution in [0.25, 0.3) is 0 Å². The standard InChI is InChI=1S/C10H17O.3C4H9.Sn/c1-2-6-10(11)9-7-4-3-5-8-9;3*1-3-4-2;/h1-2,9-11H,3-8H2;3*1,3-4H2,2H3;/t10-;;;;/m0..../s1. The van der Waals surface area contributed by atoms with Gasteiger partial charge in [0.25, 0.3) is 0 Å². The van der Waals surface area contributed by atoms with Crippen LogP contribution in [0.15, 0.2) is 10.2 Å². The van der Waals surface area contributed by atoms with E-state index in [0.717, 1.165) is 6.42 Å². The Hall–Kier alpha value is 0.499. The third-order valence-electron chi connectivity index (χ3n) is 6.13. The van der Waals surface area contributed by atoms with Crippen LogP contribution in [0.5, 0.6) is 0 Å². The summed E-state index contributed by atoms with van der Waals surface area (Å²) in [5.41, 5.74) is 0. The van der Waals surface area contributed by atoms with Crippen LogP contribution in [0, 0.1) is 5.92 Å². The molecule has 0 spiro atoms. The summed E-state index contributed by atoms with van der Waals surface area (Å²) in [4.78, 5) is 0. The van der Waals surface area contributed by atoms with Gasteiger partial charge in [-0.15, -0.1) is 0 Å². The number of hydrogen-bond donors (Lipinski definition) is 1. The first-order valence-electron chi connectivity index (χ1n) is 11.0. The van der Waals surface area contributed by atoms with Crippen molar-refractivity contribution in [3.8, 4) is 0 Å². The molecule has 0 saturated heterocycles. The number of hydrogen-bond acceptors (Lipinski definition) is 1. The second-order valence-corrected chi connectivity index (χ2v) is 21.3. The molecule has 1 N–H and O–H groups in total. The number of aliphatic hydroxyl groups is 1. The number of rotatable bonds is 13. The summed E-state index contributed by atoms with van der Waals surface area (Å²) < 4.78 is 7.37. The van der Waals surface area contributed by atoms with Crippen LogP contribution >= 0.6 is 0 Å². The molecule has 142 valence electrons. The molecular weight excluding hydrogens is 399 g/mol. The molecule has 0 aliphatic heterocycles. The maximum atomic E-state index is 10.6. The monoisotopic (exact) mass is 444 g/mol. The molecule has 0 heterocycles. The average Bonchev–Trinajstić information content (AvgIpc) is 2.63. The Labute approximate surface area is 156 Å². The SMILES string of the molecule is CCC[CH2][Sn](/[CH]=C/C[C@H](O)C1CCCCC1)([CH2]CCC)[CH2]CCC. The second kappa shape index (κ2) is 13.7. The molecule has 1 atom stereocenters. The number of unbranched alkanes of at least 4 members (excludes halogenated alkanes) is 3. The van der Waals surface area contributed by atoms with Gasteiger partial charge in [-0.3, -0.25) is 0 Å². The van der Waals surface area contributed by atoms with E-state index in [2.05, 4.69) is 30.9 Å². The minimum absolute atomic E-state index is 0.0749. The van der Waals surface area contributed by atoms with Gasteiger partial charge in [-0.2, -0.15) is 0 Å². The van der Waals surface area contributed by atoms with Crippen molar-refractivity contribution >= 4 is 18.4 Å². The topological polar surface area (TPSA) is 20.2 Å². The molecular formula is C22H44OSn. The van der Waals surface area contributed by atoms with E-state index in [0.29, 0.717) is 5.92 Å². The Bertz CT molecular complexity index is 298. The third-order valence-corrected chi connectivity index (χ3v) is 20.4. The van der Waals surface area contributed by atoms with Crippen molar-refractivity contribution in [1.29, 1.82) is 0 Å². The van der Waals surface area contributed by atoms with E-state index in [9.17, 15) is 5.11 Å². The van der Waals surface area contributed by atoms with E-state index in [-0.39, 0.29) is 6.10 Å². The molecule has 0 aromatic heterocycles. The van der Waals surface area contributed by atoms with Gasteiger partial charge in [-0.25, -0.2) is 0 Å². The van der Waals surface area contributed by atoms with Gasteiger partial charge in [0.15, 0.2) is 0 Å². The summed E-state index contributed by atoms with van der Waals surface area (Å²) in [6.45, 7) is 7.02. The van der Waals surface area contributed by atoms with E-state index in [1.165, 1.54) is 70.6 Å². The molecule has 1 aliphatic rings. The van der Waals surface area contributed by atoms with Crippen molar-refractivity contribution in [2.75, 3.05) is 0 Å². The summed E-state index contributed by atoms with van der Waals surface area (Å²) >= 11 is -2.12. The molecule has 0 unspecified atom stereocenters. The van der Waals surface area contributed by atoms with E-state index in [1.807, 2.05) is 0 Å². The van der Waals surface area contributed by atoms with E-state index < -0.39 is 18.4 Å². The fraction of sp³-hybridized carbons (Fsp3) is 0.909. The molecule has 0 bridgehead atoms. The van der Waals surface area contributed by atoms with Gasteiger partial charge < -0.3 is 0 Å². The Balaban J connectivity index is 2.64. The van der Waals surface area contributed by atoms with Gasteiger partial charge in [0.2, 0.25) is 0 Å². The van der Waals surface area contributed by atoms with Crippen LogP contribution in [-0.4, -0.2) is 29.6 Å².